The topological polar surface area (TPSA) is 81.2 Å². The first-order valence-corrected chi connectivity index (χ1v) is 6.22. The van der Waals surface area contributed by atoms with Crippen molar-refractivity contribution >= 4 is 45.3 Å². The molecule has 0 aromatic heterocycles. The molecular weight excluding hydrogens is 345 g/mol. The number of nitrogen functional groups attached to an aromatic ring is 1. The highest BCUT2D eigenvalue weighted by Crippen LogP contribution is 2.33. The van der Waals surface area contributed by atoms with E-state index in [1.165, 1.54) is 6.07 Å². The number of hydrogen-bond donors (Lipinski definition) is 2. The summed E-state index contributed by atoms with van der Waals surface area (Å²) in [6, 6.07) is 12.4. The number of rotatable bonds is 3. The second-order valence-electron chi connectivity index (χ2n) is 3.61. The lowest BCUT2D eigenvalue weighted by Crippen LogP contribution is -2.01. The predicted molar refractivity (Wildman–Crippen MR) is 80.0 cm³/mol. The van der Waals surface area contributed by atoms with E-state index >= 15 is 0 Å². The van der Waals surface area contributed by atoms with E-state index in [0.717, 1.165) is 9.26 Å². The Morgan fingerprint density at radius 3 is 2.44 bits per heavy atom. The lowest BCUT2D eigenvalue weighted by Gasteiger charge is -2.09. The van der Waals surface area contributed by atoms with Crippen molar-refractivity contribution in [1.29, 1.82) is 0 Å². The number of nitro benzene ring substituents is 1. The third-order valence-corrected chi connectivity index (χ3v) is 3.33. The second-order valence-corrected chi connectivity index (χ2v) is 4.77. The van der Waals surface area contributed by atoms with Gasteiger partial charge in [0.05, 0.1) is 10.6 Å². The monoisotopic (exact) mass is 355 g/mol. The fourth-order valence-electron chi connectivity index (χ4n) is 1.57. The third-order valence-electron chi connectivity index (χ3n) is 2.39. The fraction of sp³-hybridized carbons (Fsp3) is 0. The van der Waals surface area contributed by atoms with Gasteiger partial charge in [-0.15, -0.1) is 0 Å². The average Bonchev–Trinajstić information content (AvgIpc) is 2.31. The molecular formula is C12H10IN3O2. The molecule has 18 heavy (non-hydrogen) atoms. The largest absolute Gasteiger partial charge is 0.393 e. The van der Waals surface area contributed by atoms with E-state index in [-0.39, 0.29) is 11.4 Å². The minimum atomic E-state index is -0.479. The Morgan fingerprint density at radius 2 is 1.78 bits per heavy atom. The molecule has 0 bridgehead atoms. The zero-order valence-electron chi connectivity index (χ0n) is 9.26. The van der Waals surface area contributed by atoms with E-state index in [1.807, 2.05) is 24.3 Å². The quantitative estimate of drug-likeness (QED) is 0.382. The molecule has 2 aromatic rings. The van der Waals surface area contributed by atoms with Gasteiger partial charge in [-0.1, -0.05) is 18.2 Å². The summed E-state index contributed by atoms with van der Waals surface area (Å²) in [6.07, 6.45) is 0. The summed E-state index contributed by atoms with van der Waals surface area (Å²) in [5, 5.41) is 14.0. The molecule has 3 N–H and O–H groups in total. The summed E-state index contributed by atoms with van der Waals surface area (Å²) >= 11 is 2.16. The smallest absolute Gasteiger partial charge is 0.315 e. The van der Waals surface area contributed by atoms with Crippen molar-refractivity contribution in [2.75, 3.05) is 11.1 Å². The van der Waals surface area contributed by atoms with Gasteiger partial charge in [0.15, 0.2) is 0 Å². The van der Waals surface area contributed by atoms with Crippen molar-refractivity contribution in [2.24, 2.45) is 0 Å². The summed E-state index contributed by atoms with van der Waals surface area (Å²) in [6.45, 7) is 0. The first kappa shape index (κ1) is 12.6. The average molecular weight is 355 g/mol. The Kier molecular flexibility index (Phi) is 3.66. The zero-order valence-corrected chi connectivity index (χ0v) is 11.4. The third kappa shape index (κ3) is 2.53. The summed E-state index contributed by atoms with van der Waals surface area (Å²) < 4.78 is 0.979. The Morgan fingerprint density at radius 1 is 1.11 bits per heavy atom. The minimum Gasteiger partial charge on any atom is -0.393 e. The molecule has 0 heterocycles. The number of nitrogens with zero attached hydrogens (tertiary/aromatic N) is 1. The van der Waals surface area contributed by atoms with Gasteiger partial charge in [0.1, 0.15) is 11.4 Å². The number of nitrogens with two attached hydrogens (primary N) is 1. The molecule has 92 valence electrons. The van der Waals surface area contributed by atoms with Crippen molar-refractivity contribution in [3.8, 4) is 0 Å². The van der Waals surface area contributed by atoms with E-state index in [9.17, 15) is 10.1 Å². The van der Waals surface area contributed by atoms with E-state index in [1.54, 1.807) is 12.1 Å². The van der Waals surface area contributed by atoms with Crippen LogP contribution in [-0.4, -0.2) is 4.92 Å². The number of anilines is 3. The second kappa shape index (κ2) is 5.21. The van der Waals surface area contributed by atoms with Crippen LogP contribution in [0.5, 0.6) is 0 Å². The predicted octanol–water partition coefficient (Wildman–Crippen LogP) is 3.53. The van der Waals surface area contributed by atoms with Crippen LogP contribution in [-0.2, 0) is 0 Å². The molecule has 0 atom stereocenters. The molecule has 0 amide bonds. The van der Waals surface area contributed by atoms with Gasteiger partial charge in [0.2, 0.25) is 0 Å². The van der Waals surface area contributed by atoms with Crippen molar-refractivity contribution < 1.29 is 4.92 Å². The van der Waals surface area contributed by atoms with Crippen LogP contribution in [0, 0.1) is 13.7 Å². The Labute approximate surface area is 117 Å². The molecule has 0 saturated heterocycles. The molecule has 0 unspecified atom stereocenters. The number of hydrogen-bond acceptors (Lipinski definition) is 4. The Balaban J connectivity index is 2.44. The van der Waals surface area contributed by atoms with E-state index < -0.39 is 4.92 Å². The van der Waals surface area contributed by atoms with Crippen LogP contribution in [0.2, 0.25) is 0 Å². The number of para-hydroxylation sites is 2. The number of benzene rings is 2. The molecule has 0 aliphatic heterocycles. The van der Waals surface area contributed by atoms with Crippen molar-refractivity contribution in [3.63, 3.8) is 0 Å². The number of nitro groups is 1. The SMILES string of the molecule is Nc1cccc(Nc2ccccc2I)c1[N+](=O)[O-]. The first-order chi connectivity index (χ1) is 8.59. The highest BCUT2D eigenvalue weighted by atomic mass is 127. The highest BCUT2D eigenvalue weighted by molar-refractivity contribution is 14.1. The highest BCUT2D eigenvalue weighted by Gasteiger charge is 2.18. The Bertz CT molecular complexity index is 602. The van der Waals surface area contributed by atoms with Gasteiger partial charge in [-0.3, -0.25) is 10.1 Å². The van der Waals surface area contributed by atoms with Gasteiger partial charge in [-0.05, 0) is 46.9 Å². The van der Waals surface area contributed by atoms with Gasteiger partial charge in [-0.25, -0.2) is 0 Å². The molecule has 0 aliphatic carbocycles. The van der Waals surface area contributed by atoms with Crippen LogP contribution in [0.3, 0.4) is 0 Å². The van der Waals surface area contributed by atoms with Crippen LogP contribution in [0.15, 0.2) is 42.5 Å². The van der Waals surface area contributed by atoms with Gasteiger partial charge >= 0.3 is 5.69 Å². The van der Waals surface area contributed by atoms with Crippen LogP contribution in [0.1, 0.15) is 0 Å². The molecule has 0 spiro atoms. The maximum absolute atomic E-state index is 11.0. The van der Waals surface area contributed by atoms with Crippen molar-refractivity contribution in [2.45, 2.75) is 0 Å². The van der Waals surface area contributed by atoms with Gasteiger partial charge in [0.25, 0.3) is 0 Å². The molecule has 0 fully saturated rings. The molecule has 6 heteroatoms. The van der Waals surface area contributed by atoms with Crippen molar-refractivity contribution in [3.05, 3.63) is 56.1 Å². The van der Waals surface area contributed by atoms with Crippen LogP contribution in [0.25, 0.3) is 0 Å². The van der Waals surface area contributed by atoms with E-state index in [0.29, 0.717) is 5.69 Å². The van der Waals surface area contributed by atoms with E-state index in [2.05, 4.69) is 27.9 Å². The van der Waals surface area contributed by atoms with Gasteiger partial charge in [-0.2, -0.15) is 0 Å². The van der Waals surface area contributed by atoms with Gasteiger partial charge in [0, 0.05) is 3.57 Å². The van der Waals surface area contributed by atoms with Crippen molar-refractivity contribution in [1.82, 2.24) is 0 Å². The minimum absolute atomic E-state index is 0.0999. The molecule has 0 aliphatic rings. The summed E-state index contributed by atoms with van der Waals surface area (Å²) in [4.78, 5) is 10.5. The maximum Gasteiger partial charge on any atom is 0.315 e. The molecule has 0 saturated carbocycles. The standard InChI is InChI=1S/C12H10IN3O2/c13-8-4-1-2-6-10(8)15-11-7-3-5-9(14)12(11)16(17)18/h1-7,15H,14H2. The molecule has 2 aromatic carbocycles. The molecule has 2 rings (SSSR count). The normalized spacial score (nSPS) is 10.1. The first-order valence-electron chi connectivity index (χ1n) is 5.14. The lowest BCUT2D eigenvalue weighted by atomic mass is 10.2. The lowest BCUT2D eigenvalue weighted by molar-refractivity contribution is -0.383. The van der Waals surface area contributed by atoms with Gasteiger partial charge < -0.3 is 11.1 Å². The summed E-state index contributed by atoms with van der Waals surface area (Å²) in [5.41, 5.74) is 6.88. The zero-order chi connectivity index (χ0) is 13.1. The summed E-state index contributed by atoms with van der Waals surface area (Å²) in [5.74, 6) is 0. The maximum atomic E-state index is 11.0. The summed E-state index contributed by atoms with van der Waals surface area (Å²) in [7, 11) is 0. The van der Waals surface area contributed by atoms with Crippen LogP contribution >= 0.6 is 22.6 Å². The fourth-order valence-corrected chi connectivity index (χ4v) is 2.10. The Hall–Kier alpha value is -1.83. The molecule has 5 nitrogen and oxygen atoms in total. The number of halogens is 1. The van der Waals surface area contributed by atoms with Crippen LogP contribution < -0.4 is 11.1 Å². The molecule has 0 radical (unpaired) electrons. The van der Waals surface area contributed by atoms with E-state index in [4.69, 9.17) is 5.73 Å². The number of nitrogens with one attached hydrogen (secondary N) is 1. The van der Waals surface area contributed by atoms with Crippen LogP contribution in [0.4, 0.5) is 22.7 Å².